The van der Waals surface area contributed by atoms with E-state index < -0.39 is 15.6 Å². The quantitative estimate of drug-likeness (QED) is 0.371. The highest BCUT2D eigenvalue weighted by molar-refractivity contribution is 9.09. The third-order valence-corrected chi connectivity index (χ3v) is 6.62. The summed E-state index contributed by atoms with van der Waals surface area (Å²) in [7, 11) is -2.60. The van der Waals surface area contributed by atoms with Gasteiger partial charge in [0.1, 0.15) is 0 Å². The number of aryl methyl sites for hydroxylation is 1. The maximum Gasteiger partial charge on any atom is 0.291 e. The highest BCUT2D eigenvalue weighted by Crippen LogP contribution is 2.15. The highest BCUT2D eigenvalue weighted by Gasteiger charge is 2.13. The molecule has 33 heavy (non-hydrogen) atoms. The molecule has 1 atom stereocenters. The van der Waals surface area contributed by atoms with Gasteiger partial charge in [0.05, 0.1) is 21.6 Å². The molecular weight excluding hydrogens is 506 g/mol. The van der Waals surface area contributed by atoms with Crippen LogP contribution in [-0.2, 0) is 9.73 Å². The number of hydrogen-bond donors (Lipinski definition) is 1. The molecule has 0 fully saturated rings. The van der Waals surface area contributed by atoms with Gasteiger partial charge in [0.2, 0.25) is 0 Å². The number of anilines is 1. The summed E-state index contributed by atoms with van der Waals surface area (Å²) in [5.41, 5.74) is 2.73. The predicted octanol–water partition coefficient (Wildman–Crippen LogP) is 4.66. The zero-order chi connectivity index (χ0) is 23.8. The molecule has 0 bridgehead atoms. The number of alkyl halides is 1. The van der Waals surface area contributed by atoms with E-state index in [4.69, 9.17) is 4.42 Å². The maximum atomic E-state index is 12.4. The predicted molar refractivity (Wildman–Crippen MR) is 132 cm³/mol. The second-order valence-corrected chi connectivity index (χ2v) is 10.6. The first-order chi connectivity index (χ1) is 15.8. The van der Waals surface area contributed by atoms with E-state index in [1.807, 2.05) is 0 Å². The monoisotopic (exact) mass is 527 g/mol. The van der Waals surface area contributed by atoms with Crippen LogP contribution in [-0.4, -0.2) is 38.3 Å². The second-order valence-electron chi connectivity index (χ2n) is 7.28. The Balaban J connectivity index is 1.76. The first-order valence-corrected chi connectivity index (χ1v) is 13.2. The Morgan fingerprint density at radius 1 is 1.18 bits per heavy atom. The van der Waals surface area contributed by atoms with Gasteiger partial charge >= 0.3 is 0 Å². The van der Waals surface area contributed by atoms with Crippen LogP contribution < -0.4 is 5.32 Å². The van der Waals surface area contributed by atoms with E-state index in [2.05, 4.69) is 42.4 Å². The van der Waals surface area contributed by atoms with Crippen LogP contribution in [0.1, 0.15) is 44.0 Å². The average molecular weight is 528 g/mol. The van der Waals surface area contributed by atoms with Gasteiger partial charge in [0, 0.05) is 52.1 Å². The van der Waals surface area contributed by atoms with Crippen molar-refractivity contribution in [3.8, 4) is 11.8 Å². The minimum Gasteiger partial charge on any atom is -0.459 e. The lowest BCUT2D eigenvalue weighted by atomic mass is 10.1. The number of nitrogens with zero attached hydrogens (tertiary/aromatic N) is 2. The molecule has 2 heterocycles. The molecule has 0 aliphatic carbocycles. The van der Waals surface area contributed by atoms with Crippen LogP contribution in [0.5, 0.6) is 0 Å². The summed E-state index contributed by atoms with van der Waals surface area (Å²) in [5, 5.41) is 3.48. The number of rotatable bonds is 6. The SMILES string of the molecule is Cc1ccoc1C(=O)Nc1cccc(C#Cc2cncc(C(=O)N=S(C)(=O)CCCBr)c2)c1. The number of hydrogen-bond acceptors (Lipinski definition) is 5. The fourth-order valence-corrected chi connectivity index (χ4v) is 4.71. The lowest BCUT2D eigenvalue weighted by Gasteiger charge is -2.04. The molecule has 0 saturated heterocycles. The lowest BCUT2D eigenvalue weighted by Crippen LogP contribution is -2.12. The zero-order valence-electron chi connectivity index (χ0n) is 18.1. The molecule has 7 nitrogen and oxygen atoms in total. The van der Waals surface area contributed by atoms with Gasteiger partial charge in [0.25, 0.3) is 11.8 Å². The molecule has 2 aromatic heterocycles. The fraction of sp³-hybridized carbons (Fsp3) is 0.208. The molecule has 0 spiro atoms. The Kier molecular flexibility index (Phi) is 8.20. The number of nitrogens with one attached hydrogen (secondary N) is 1. The standard InChI is InChI=1S/C24H22BrN3O4S/c1-17-9-11-32-22(17)24(30)27-21-6-3-5-18(14-21)7-8-19-13-20(16-26-15-19)23(29)28-33(2,31)12-4-10-25/h3,5-6,9,11,13-16H,4,10,12H2,1-2H3,(H,27,30). The van der Waals surface area contributed by atoms with Gasteiger partial charge in [-0.25, -0.2) is 4.21 Å². The summed E-state index contributed by atoms with van der Waals surface area (Å²) in [6.45, 7) is 1.79. The molecule has 1 aromatic carbocycles. The Morgan fingerprint density at radius 2 is 1.97 bits per heavy atom. The lowest BCUT2D eigenvalue weighted by molar-refractivity contribution is 0.0991. The molecule has 3 aromatic rings. The summed E-state index contributed by atoms with van der Waals surface area (Å²) in [6.07, 6.45) is 6.52. The maximum absolute atomic E-state index is 12.4. The van der Waals surface area contributed by atoms with E-state index in [1.54, 1.807) is 43.3 Å². The Bertz CT molecular complexity index is 1360. The van der Waals surface area contributed by atoms with Crippen LogP contribution in [0.25, 0.3) is 0 Å². The van der Waals surface area contributed by atoms with E-state index in [-0.39, 0.29) is 17.2 Å². The third-order valence-electron chi connectivity index (χ3n) is 4.46. The molecular formula is C24H22BrN3O4S. The first kappa shape index (κ1) is 24.4. The van der Waals surface area contributed by atoms with Crippen molar-refractivity contribution in [3.63, 3.8) is 0 Å². The van der Waals surface area contributed by atoms with Crippen LogP contribution in [0.2, 0.25) is 0 Å². The van der Waals surface area contributed by atoms with Gasteiger partial charge in [-0.3, -0.25) is 14.6 Å². The molecule has 9 heteroatoms. The molecule has 170 valence electrons. The van der Waals surface area contributed by atoms with E-state index in [9.17, 15) is 13.8 Å². The number of aromatic nitrogens is 1. The Hall–Kier alpha value is -3.22. The zero-order valence-corrected chi connectivity index (χ0v) is 20.5. The van der Waals surface area contributed by atoms with Crippen molar-refractivity contribution in [1.29, 1.82) is 0 Å². The van der Waals surface area contributed by atoms with Crippen molar-refractivity contribution in [2.24, 2.45) is 4.36 Å². The molecule has 0 radical (unpaired) electrons. The van der Waals surface area contributed by atoms with Crippen molar-refractivity contribution in [3.05, 3.63) is 83.1 Å². The number of amides is 2. The number of benzene rings is 1. The van der Waals surface area contributed by atoms with Crippen LogP contribution in [0, 0.1) is 18.8 Å². The number of carbonyl (C=O) groups is 2. The number of furan rings is 1. The molecule has 3 rings (SSSR count). The summed E-state index contributed by atoms with van der Waals surface area (Å²) >= 11 is 3.28. The fourth-order valence-electron chi connectivity index (χ4n) is 2.83. The second kappa shape index (κ2) is 11.1. The van der Waals surface area contributed by atoms with Gasteiger partial charge in [0.15, 0.2) is 5.76 Å². The number of halogens is 1. The molecule has 1 unspecified atom stereocenters. The molecule has 1 N–H and O–H groups in total. The van der Waals surface area contributed by atoms with Crippen molar-refractivity contribution in [2.45, 2.75) is 13.3 Å². The van der Waals surface area contributed by atoms with E-state index in [1.165, 1.54) is 24.9 Å². The average Bonchev–Trinajstić information content (AvgIpc) is 3.22. The Morgan fingerprint density at radius 3 is 2.70 bits per heavy atom. The van der Waals surface area contributed by atoms with Crippen LogP contribution in [0.4, 0.5) is 5.69 Å². The smallest absolute Gasteiger partial charge is 0.291 e. The highest BCUT2D eigenvalue weighted by atomic mass is 79.9. The topological polar surface area (TPSA) is 102 Å². The van der Waals surface area contributed by atoms with E-state index >= 15 is 0 Å². The number of carbonyl (C=O) groups excluding carboxylic acids is 2. The molecule has 0 saturated carbocycles. The van der Waals surface area contributed by atoms with Gasteiger partial charge in [-0.1, -0.05) is 33.8 Å². The summed E-state index contributed by atoms with van der Waals surface area (Å²) in [4.78, 5) is 28.8. The summed E-state index contributed by atoms with van der Waals surface area (Å²) < 4.78 is 21.5. The number of pyridine rings is 1. The minimum absolute atomic E-state index is 0.227. The van der Waals surface area contributed by atoms with Crippen molar-refractivity contribution >= 4 is 43.2 Å². The third kappa shape index (κ3) is 7.14. The summed E-state index contributed by atoms with van der Waals surface area (Å²) in [6, 6.07) is 10.3. The van der Waals surface area contributed by atoms with Crippen LogP contribution in [0.15, 0.2) is 63.8 Å². The van der Waals surface area contributed by atoms with Gasteiger partial charge in [-0.2, -0.15) is 4.36 Å². The van der Waals surface area contributed by atoms with E-state index in [0.29, 0.717) is 34.3 Å². The minimum atomic E-state index is -2.60. The summed E-state index contributed by atoms with van der Waals surface area (Å²) in [5.74, 6) is 5.62. The molecule has 0 aliphatic heterocycles. The van der Waals surface area contributed by atoms with Crippen LogP contribution in [0.3, 0.4) is 0 Å². The Labute approximate surface area is 201 Å². The van der Waals surface area contributed by atoms with Crippen LogP contribution >= 0.6 is 15.9 Å². The van der Waals surface area contributed by atoms with Gasteiger partial charge < -0.3 is 9.73 Å². The molecule has 2 amide bonds. The van der Waals surface area contributed by atoms with Crippen molar-refractivity contribution in [1.82, 2.24) is 4.98 Å². The van der Waals surface area contributed by atoms with Crippen molar-refractivity contribution in [2.75, 3.05) is 22.7 Å². The van der Waals surface area contributed by atoms with Crippen molar-refractivity contribution < 1.29 is 18.2 Å². The van der Waals surface area contributed by atoms with Gasteiger partial charge in [-0.15, -0.1) is 0 Å². The van der Waals surface area contributed by atoms with E-state index in [0.717, 1.165) is 5.56 Å². The van der Waals surface area contributed by atoms with Gasteiger partial charge in [-0.05, 0) is 43.7 Å². The molecule has 0 aliphatic rings. The largest absolute Gasteiger partial charge is 0.459 e. The normalized spacial score (nSPS) is 12.2. The first-order valence-electron chi connectivity index (χ1n) is 10.00.